The van der Waals surface area contributed by atoms with Crippen molar-refractivity contribution in [3.63, 3.8) is 0 Å². The summed E-state index contributed by atoms with van der Waals surface area (Å²) in [4.78, 5) is 0. The molecule has 1 aliphatic rings. The van der Waals surface area contributed by atoms with Crippen LogP contribution in [0.5, 0.6) is 0 Å². The Kier molecular flexibility index (Phi) is 8.09. The molecule has 0 radical (unpaired) electrons. The Hall–Kier alpha value is -6.89. The van der Waals surface area contributed by atoms with Gasteiger partial charge in [-0.2, -0.15) is 0 Å². The number of rotatable bonds is 7. The topological polar surface area (TPSA) is 0 Å². The van der Waals surface area contributed by atoms with Gasteiger partial charge in [-0.25, -0.2) is 0 Å². The minimum Gasteiger partial charge on any atom is -0.0733 e. The highest BCUT2D eigenvalue weighted by Crippen LogP contribution is 2.35. The average Bonchev–Trinajstić information content (AvgIpc) is 3.35. The van der Waals surface area contributed by atoms with Crippen LogP contribution in [0.3, 0.4) is 0 Å². The molecule has 302 valence electrons. The van der Waals surface area contributed by atoms with Crippen LogP contribution in [-0.4, -0.2) is 13.4 Å². The van der Waals surface area contributed by atoms with Crippen LogP contribution in [0.25, 0.3) is 55.6 Å². The number of aryl methyl sites for hydroxylation is 7. The van der Waals surface area contributed by atoms with Crippen LogP contribution in [-0.2, 0) is 0 Å². The standard InChI is InChI=1S/C61H52B2/c1-39-18-14-15-23-53(39)55-38-54(40(2)32-41(55)3)49-28-26-48(27-29-49)50-30-31-58-59(37-50)63(61-44(6)35-52(36-45(61)7)47-21-12-9-13-22-47)57-25-17-16-24-56(57)62(58)60-42(4)33-51(34-43(60)5)46-19-10-8-11-20-46/h8-38H,1-7H3/i2D3,4D3,6D3. The molecule has 0 saturated carbocycles. The molecule has 0 spiro atoms. The third-order valence-electron chi connectivity index (χ3n) is 13.2. The first-order valence-corrected chi connectivity index (χ1v) is 21.7. The summed E-state index contributed by atoms with van der Waals surface area (Å²) in [5.41, 5.74) is 18.2. The minimum atomic E-state index is -2.48. The fourth-order valence-corrected chi connectivity index (χ4v) is 10.2. The van der Waals surface area contributed by atoms with Gasteiger partial charge in [0, 0.05) is 12.3 Å². The molecule has 0 fully saturated rings. The van der Waals surface area contributed by atoms with Crippen molar-refractivity contribution in [3.05, 3.63) is 227 Å². The maximum atomic E-state index is 9.09. The molecule has 0 aliphatic carbocycles. The molecule has 0 N–H and O–H groups in total. The van der Waals surface area contributed by atoms with Crippen LogP contribution in [0.2, 0.25) is 0 Å². The fraction of sp³-hybridized carbons (Fsp3) is 0.115. The lowest BCUT2D eigenvalue weighted by atomic mass is 9.20. The van der Waals surface area contributed by atoms with Crippen molar-refractivity contribution in [1.29, 1.82) is 0 Å². The largest absolute Gasteiger partial charge is 0.240 e. The molecule has 0 bridgehead atoms. The maximum absolute atomic E-state index is 9.09. The van der Waals surface area contributed by atoms with Crippen molar-refractivity contribution in [2.75, 3.05) is 0 Å². The van der Waals surface area contributed by atoms with Gasteiger partial charge in [0.05, 0.1) is 0 Å². The van der Waals surface area contributed by atoms with Crippen LogP contribution in [0.4, 0.5) is 0 Å². The first kappa shape index (κ1) is 31.0. The summed E-state index contributed by atoms with van der Waals surface area (Å²) < 4.78 is 80.1. The van der Waals surface area contributed by atoms with E-state index in [0.29, 0.717) is 16.5 Å². The van der Waals surface area contributed by atoms with Gasteiger partial charge in [0.2, 0.25) is 13.4 Å². The molecule has 9 aromatic carbocycles. The minimum absolute atomic E-state index is 0.264. The Morgan fingerprint density at radius 1 is 0.270 bits per heavy atom. The van der Waals surface area contributed by atoms with E-state index in [1.165, 1.54) is 0 Å². The molecule has 2 heteroatoms. The number of benzene rings is 9. The van der Waals surface area contributed by atoms with E-state index in [-0.39, 0.29) is 16.7 Å². The van der Waals surface area contributed by atoms with E-state index in [4.69, 9.17) is 12.3 Å². The molecular weight excluding hydrogens is 754 g/mol. The van der Waals surface area contributed by atoms with Crippen molar-refractivity contribution < 1.29 is 12.3 Å². The van der Waals surface area contributed by atoms with Gasteiger partial charge in [0.15, 0.2) is 0 Å². The van der Waals surface area contributed by atoms with Crippen LogP contribution in [0, 0.1) is 48.3 Å². The van der Waals surface area contributed by atoms with Gasteiger partial charge in [-0.1, -0.05) is 237 Å². The zero-order valence-electron chi connectivity index (χ0n) is 45.1. The fourth-order valence-electron chi connectivity index (χ4n) is 10.2. The third kappa shape index (κ3) is 7.28. The van der Waals surface area contributed by atoms with Gasteiger partial charge in [-0.15, -0.1) is 0 Å². The van der Waals surface area contributed by atoms with Crippen molar-refractivity contribution in [2.24, 2.45) is 0 Å². The highest BCUT2D eigenvalue weighted by molar-refractivity contribution is 7.11. The lowest BCUT2D eigenvalue weighted by Gasteiger charge is -2.35. The van der Waals surface area contributed by atoms with Gasteiger partial charge in [-0.05, 0) is 127 Å². The van der Waals surface area contributed by atoms with Crippen molar-refractivity contribution in [1.82, 2.24) is 0 Å². The molecule has 0 amide bonds. The normalized spacial score (nSPS) is 14.7. The highest BCUT2D eigenvalue weighted by atomic mass is 14.2. The van der Waals surface area contributed by atoms with Crippen molar-refractivity contribution in [3.8, 4) is 55.6 Å². The Bertz CT molecular complexity index is 3520. The quantitative estimate of drug-likeness (QED) is 0.141. The van der Waals surface area contributed by atoms with Crippen molar-refractivity contribution in [2.45, 2.75) is 48.3 Å². The predicted octanol–water partition coefficient (Wildman–Crippen LogP) is 11.5. The molecule has 10 rings (SSSR count). The van der Waals surface area contributed by atoms with E-state index in [1.807, 2.05) is 148 Å². The first-order chi connectivity index (χ1) is 34.3. The molecule has 0 saturated heterocycles. The lowest BCUT2D eigenvalue weighted by Crippen LogP contribution is -2.75. The van der Waals surface area contributed by atoms with Crippen LogP contribution < -0.4 is 32.8 Å². The van der Waals surface area contributed by atoms with Gasteiger partial charge >= 0.3 is 0 Å². The first-order valence-electron chi connectivity index (χ1n) is 26.2. The molecule has 1 aliphatic heterocycles. The molecule has 0 atom stereocenters. The molecule has 0 unspecified atom stereocenters. The molecule has 1 heterocycles. The summed E-state index contributed by atoms with van der Waals surface area (Å²) in [6.45, 7) is -0.334. The Morgan fingerprint density at radius 3 is 1.30 bits per heavy atom. The smallest absolute Gasteiger partial charge is 0.0733 e. The molecular formula is C61H52B2. The summed E-state index contributed by atoms with van der Waals surface area (Å²) >= 11 is 0. The van der Waals surface area contributed by atoms with Gasteiger partial charge in [-0.3, -0.25) is 0 Å². The number of hydrogen-bond acceptors (Lipinski definition) is 0. The maximum Gasteiger partial charge on any atom is 0.240 e. The second-order valence-electron chi connectivity index (χ2n) is 17.2. The van der Waals surface area contributed by atoms with Crippen LogP contribution >= 0.6 is 0 Å². The van der Waals surface area contributed by atoms with E-state index in [0.717, 1.165) is 94.2 Å². The Labute approximate surface area is 388 Å². The second-order valence-corrected chi connectivity index (χ2v) is 17.2. The van der Waals surface area contributed by atoms with Crippen LogP contribution in [0.1, 0.15) is 51.3 Å². The lowest BCUT2D eigenvalue weighted by molar-refractivity contribution is 1.36. The van der Waals surface area contributed by atoms with Crippen molar-refractivity contribution >= 4 is 46.2 Å². The Balaban J connectivity index is 1.20. The summed E-state index contributed by atoms with van der Waals surface area (Å²) in [7, 11) is 0. The van der Waals surface area contributed by atoms with Gasteiger partial charge in [0.25, 0.3) is 0 Å². The third-order valence-corrected chi connectivity index (χ3v) is 13.2. The zero-order chi connectivity index (χ0) is 50.9. The molecule has 0 aromatic heterocycles. The van der Waals surface area contributed by atoms with E-state index in [2.05, 4.69) is 61.5 Å². The second kappa shape index (κ2) is 16.4. The summed E-state index contributed by atoms with van der Waals surface area (Å²) in [5, 5.41) is 0. The monoisotopic (exact) mass is 815 g/mol. The van der Waals surface area contributed by atoms with Gasteiger partial charge < -0.3 is 0 Å². The molecule has 0 nitrogen and oxygen atoms in total. The van der Waals surface area contributed by atoms with E-state index >= 15 is 0 Å². The van der Waals surface area contributed by atoms with E-state index in [9.17, 15) is 0 Å². The van der Waals surface area contributed by atoms with E-state index < -0.39 is 34.0 Å². The average molecular weight is 816 g/mol. The number of fused-ring (bicyclic) bond motifs is 2. The van der Waals surface area contributed by atoms with E-state index in [1.54, 1.807) is 6.07 Å². The summed E-state index contributed by atoms with van der Waals surface area (Å²) in [6.07, 6.45) is 0. The summed E-state index contributed by atoms with van der Waals surface area (Å²) in [6, 6.07) is 61.8. The summed E-state index contributed by atoms with van der Waals surface area (Å²) in [5.74, 6) is 0. The molecule has 9 aromatic rings. The Morgan fingerprint density at radius 2 is 0.730 bits per heavy atom. The zero-order valence-corrected chi connectivity index (χ0v) is 36.1. The SMILES string of the molecule is [2H]C([2H])([2H])c1cc(C)c(-c2ccccc2C)cc1-c1ccc(-c2ccc3c(c2)B(c2c(C)cc(-c4ccccc4)cc2C([2H])([2H])[2H])c2ccccc2B3c2c(C)cc(-c3ccccc3)cc2C([2H])([2H])[2H])cc1. The van der Waals surface area contributed by atoms with Gasteiger partial charge in [0.1, 0.15) is 0 Å². The highest BCUT2D eigenvalue weighted by Gasteiger charge is 2.40. The predicted molar refractivity (Wildman–Crippen MR) is 275 cm³/mol. The number of hydrogen-bond donors (Lipinski definition) is 0. The molecule has 63 heavy (non-hydrogen) atoms. The van der Waals surface area contributed by atoms with Crippen LogP contribution in [0.15, 0.2) is 188 Å².